The number of amides is 1. The van der Waals surface area contributed by atoms with Crippen molar-refractivity contribution in [3.05, 3.63) is 18.2 Å². The predicted molar refractivity (Wildman–Crippen MR) is 101 cm³/mol. The summed E-state index contributed by atoms with van der Waals surface area (Å²) in [4.78, 5) is 13.8. The number of benzene rings is 1. The highest BCUT2D eigenvalue weighted by Gasteiger charge is 2.23. The Balaban J connectivity index is 0.00000264. The number of carbonyl (C=O) groups is 1. The minimum atomic E-state index is 0. The maximum Gasteiger partial charge on any atom is 0.221 e. The van der Waals surface area contributed by atoms with Gasteiger partial charge in [-0.15, -0.1) is 24.8 Å². The van der Waals surface area contributed by atoms with Gasteiger partial charge in [-0.1, -0.05) is 0 Å². The molecule has 1 atom stereocenters. The number of hydrogen-bond acceptors (Lipinski definition) is 5. The van der Waals surface area contributed by atoms with Crippen LogP contribution in [-0.2, 0) is 4.79 Å². The summed E-state index contributed by atoms with van der Waals surface area (Å²) in [7, 11) is 3.30. The summed E-state index contributed by atoms with van der Waals surface area (Å²) < 4.78 is 10.6. The molecule has 0 aromatic heterocycles. The zero-order chi connectivity index (χ0) is 15.9. The molecular weight excluding hydrogens is 353 g/mol. The zero-order valence-electron chi connectivity index (χ0n) is 14.1. The smallest absolute Gasteiger partial charge is 0.221 e. The lowest BCUT2D eigenvalue weighted by molar-refractivity contribution is -0.121. The summed E-state index contributed by atoms with van der Waals surface area (Å²) >= 11 is 0. The number of anilines is 1. The average molecular weight is 380 g/mol. The van der Waals surface area contributed by atoms with Crippen LogP contribution in [0.1, 0.15) is 12.8 Å². The Labute approximate surface area is 155 Å². The molecule has 1 aliphatic rings. The molecule has 24 heavy (non-hydrogen) atoms. The van der Waals surface area contributed by atoms with Crippen LogP contribution in [0.15, 0.2) is 18.2 Å². The van der Waals surface area contributed by atoms with Gasteiger partial charge in [0.2, 0.25) is 5.91 Å². The molecule has 0 bridgehead atoms. The van der Waals surface area contributed by atoms with Crippen molar-refractivity contribution in [3.63, 3.8) is 0 Å². The van der Waals surface area contributed by atoms with Crippen molar-refractivity contribution in [3.8, 4) is 11.5 Å². The molecule has 1 saturated heterocycles. The standard InChI is InChI=1S/C16H25N3O3.2ClH/c1-21-14-7-13(8-15(9-14)22-2)19-6-4-12(11-19)10-18-16(20)3-5-17;;/h7-9,12H,3-6,10-11,17H2,1-2H3,(H,18,20);2*1H. The SMILES string of the molecule is COc1cc(OC)cc(N2CCC(CNC(=O)CCN)C2)c1.Cl.Cl. The largest absolute Gasteiger partial charge is 0.497 e. The lowest BCUT2D eigenvalue weighted by Gasteiger charge is -2.20. The van der Waals surface area contributed by atoms with Gasteiger partial charge < -0.3 is 25.4 Å². The van der Waals surface area contributed by atoms with Gasteiger partial charge in [0.1, 0.15) is 11.5 Å². The van der Waals surface area contributed by atoms with Crippen molar-refractivity contribution in [2.45, 2.75) is 12.8 Å². The van der Waals surface area contributed by atoms with E-state index in [1.54, 1.807) is 14.2 Å². The van der Waals surface area contributed by atoms with Crippen molar-refractivity contribution in [2.24, 2.45) is 11.7 Å². The van der Waals surface area contributed by atoms with Crippen LogP contribution < -0.4 is 25.4 Å². The molecular formula is C16H27Cl2N3O3. The normalized spacial score (nSPS) is 16.0. The van der Waals surface area contributed by atoms with Gasteiger partial charge in [0.15, 0.2) is 0 Å². The van der Waals surface area contributed by atoms with E-state index in [4.69, 9.17) is 15.2 Å². The molecule has 1 aromatic rings. The van der Waals surface area contributed by atoms with Crippen LogP contribution in [-0.4, -0.2) is 46.3 Å². The van der Waals surface area contributed by atoms with Crippen LogP contribution >= 0.6 is 24.8 Å². The van der Waals surface area contributed by atoms with E-state index < -0.39 is 0 Å². The number of methoxy groups -OCH3 is 2. The fourth-order valence-electron chi connectivity index (χ4n) is 2.69. The molecule has 1 aliphatic heterocycles. The molecule has 138 valence electrons. The lowest BCUT2D eigenvalue weighted by Crippen LogP contribution is -2.32. The molecule has 1 heterocycles. The first-order valence-corrected chi connectivity index (χ1v) is 7.61. The number of ether oxygens (including phenoxy) is 2. The topological polar surface area (TPSA) is 76.8 Å². The number of rotatable bonds is 7. The molecule has 1 amide bonds. The number of halogens is 2. The van der Waals surface area contributed by atoms with Gasteiger partial charge in [-0.25, -0.2) is 0 Å². The summed E-state index contributed by atoms with van der Waals surface area (Å²) in [6, 6.07) is 5.89. The highest BCUT2D eigenvalue weighted by molar-refractivity contribution is 5.85. The van der Waals surface area contributed by atoms with E-state index in [0.29, 0.717) is 25.4 Å². The van der Waals surface area contributed by atoms with Crippen LogP contribution in [0.3, 0.4) is 0 Å². The van der Waals surface area contributed by atoms with Gasteiger partial charge in [-0.2, -0.15) is 0 Å². The van der Waals surface area contributed by atoms with Gasteiger partial charge in [0.05, 0.1) is 14.2 Å². The number of nitrogens with two attached hydrogens (primary N) is 1. The number of nitrogens with one attached hydrogen (secondary N) is 1. The average Bonchev–Trinajstić information content (AvgIpc) is 3.01. The van der Waals surface area contributed by atoms with E-state index in [1.165, 1.54) is 0 Å². The highest BCUT2D eigenvalue weighted by atomic mass is 35.5. The van der Waals surface area contributed by atoms with E-state index in [1.807, 2.05) is 18.2 Å². The first kappa shape index (κ1) is 22.6. The second-order valence-corrected chi connectivity index (χ2v) is 5.51. The van der Waals surface area contributed by atoms with E-state index in [9.17, 15) is 4.79 Å². The highest BCUT2D eigenvalue weighted by Crippen LogP contribution is 2.31. The van der Waals surface area contributed by atoms with E-state index >= 15 is 0 Å². The van der Waals surface area contributed by atoms with Crippen molar-refractivity contribution < 1.29 is 14.3 Å². The Morgan fingerprint density at radius 1 is 1.25 bits per heavy atom. The summed E-state index contributed by atoms with van der Waals surface area (Å²) in [6.45, 7) is 2.98. The maximum atomic E-state index is 11.5. The molecule has 0 spiro atoms. The van der Waals surface area contributed by atoms with E-state index in [2.05, 4.69) is 10.2 Å². The minimum Gasteiger partial charge on any atom is -0.497 e. The summed E-state index contributed by atoms with van der Waals surface area (Å²) in [5.41, 5.74) is 6.46. The Bertz CT molecular complexity index is 495. The molecule has 3 N–H and O–H groups in total. The second kappa shape index (κ2) is 11.2. The second-order valence-electron chi connectivity index (χ2n) is 5.51. The Morgan fingerprint density at radius 3 is 2.42 bits per heavy atom. The van der Waals surface area contributed by atoms with Gasteiger partial charge >= 0.3 is 0 Å². The Kier molecular flexibility index (Phi) is 10.6. The quantitative estimate of drug-likeness (QED) is 0.755. The van der Waals surface area contributed by atoms with Crippen LogP contribution in [0.25, 0.3) is 0 Å². The fraction of sp³-hybridized carbons (Fsp3) is 0.562. The summed E-state index contributed by atoms with van der Waals surface area (Å²) in [5, 5.41) is 2.95. The number of carbonyl (C=O) groups excluding carboxylic acids is 1. The van der Waals surface area contributed by atoms with Gasteiger partial charge in [0, 0.05) is 56.5 Å². The third-order valence-corrected chi connectivity index (χ3v) is 3.95. The van der Waals surface area contributed by atoms with Crippen molar-refractivity contribution in [2.75, 3.05) is 45.3 Å². The third-order valence-electron chi connectivity index (χ3n) is 3.95. The molecule has 2 rings (SSSR count). The van der Waals surface area contributed by atoms with E-state index in [-0.39, 0.29) is 30.7 Å². The fourth-order valence-corrected chi connectivity index (χ4v) is 2.69. The molecule has 0 radical (unpaired) electrons. The van der Waals surface area contributed by atoms with Crippen molar-refractivity contribution in [1.29, 1.82) is 0 Å². The molecule has 0 aliphatic carbocycles. The van der Waals surface area contributed by atoms with Gasteiger partial charge in [-0.05, 0) is 12.3 Å². The molecule has 0 saturated carbocycles. The van der Waals surface area contributed by atoms with Crippen molar-refractivity contribution in [1.82, 2.24) is 5.32 Å². The minimum absolute atomic E-state index is 0. The Hall–Kier alpha value is -1.37. The first-order chi connectivity index (χ1) is 10.7. The number of nitrogens with zero attached hydrogens (tertiary/aromatic N) is 1. The third kappa shape index (κ3) is 6.26. The monoisotopic (exact) mass is 379 g/mol. The van der Waals surface area contributed by atoms with E-state index in [0.717, 1.165) is 36.7 Å². The van der Waals surface area contributed by atoms with Crippen LogP contribution in [0.4, 0.5) is 5.69 Å². The molecule has 1 aromatic carbocycles. The molecule has 6 nitrogen and oxygen atoms in total. The Morgan fingerprint density at radius 2 is 1.88 bits per heavy atom. The molecule has 8 heteroatoms. The molecule has 1 unspecified atom stereocenters. The zero-order valence-corrected chi connectivity index (χ0v) is 15.8. The van der Waals surface area contributed by atoms with Gasteiger partial charge in [-0.3, -0.25) is 4.79 Å². The molecule has 1 fully saturated rings. The van der Waals surface area contributed by atoms with Gasteiger partial charge in [0.25, 0.3) is 0 Å². The maximum absolute atomic E-state index is 11.5. The predicted octanol–water partition coefficient (Wildman–Crippen LogP) is 1.84. The van der Waals surface area contributed by atoms with Crippen LogP contribution in [0.2, 0.25) is 0 Å². The van der Waals surface area contributed by atoms with Crippen LogP contribution in [0.5, 0.6) is 11.5 Å². The summed E-state index contributed by atoms with van der Waals surface area (Å²) in [6.07, 6.45) is 1.45. The van der Waals surface area contributed by atoms with Crippen molar-refractivity contribution >= 4 is 36.4 Å². The van der Waals surface area contributed by atoms with Crippen LogP contribution in [0, 0.1) is 5.92 Å². The lowest BCUT2D eigenvalue weighted by atomic mass is 10.1. The number of hydrogen-bond donors (Lipinski definition) is 2. The summed E-state index contributed by atoms with van der Waals surface area (Å²) in [5.74, 6) is 2.06. The first-order valence-electron chi connectivity index (χ1n) is 7.61.